The van der Waals surface area contributed by atoms with Crippen LogP contribution in [0.4, 0.5) is 0 Å². The maximum absolute atomic E-state index is 13.7. The van der Waals surface area contributed by atoms with Crippen molar-refractivity contribution < 1.29 is 29.0 Å². The summed E-state index contributed by atoms with van der Waals surface area (Å²) in [5.41, 5.74) is 8.52. The fraction of sp³-hybridized carbons (Fsp3) is 0.655. The van der Waals surface area contributed by atoms with Crippen molar-refractivity contribution in [2.75, 3.05) is 13.7 Å². The van der Waals surface area contributed by atoms with E-state index in [0.29, 0.717) is 40.6 Å². The number of ketones is 1. The number of hydrogen-bond donors (Lipinski definition) is 5. The summed E-state index contributed by atoms with van der Waals surface area (Å²) in [6.45, 7) is 24.2. The van der Waals surface area contributed by atoms with Gasteiger partial charge in [-0.15, -0.1) is 0 Å². The minimum Gasteiger partial charge on any atom is -0.510 e. The zero-order valence-electron chi connectivity index (χ0n) is 41.9. The van der Waals surface area contributed by atoms with Crippen LogP contribution in [0.5, 0.6) is 0 Å². The van der Waals surface area contributed by atoms with E-state index in [9.17, 15) is 19.5 Å². The van der Waals surface area contributed by atoms with E-state index in [1.807, 2.05) is 13.8 Å². The molecule has 358 valence electrons. The maximum atomic E-state index is 13.7. The summed E-state index contributed by atoms with van der Waals surface area (Å²) in [5, 5.41) is 20.8. The number of Topliss-reactive ketones (excluding diaryl/α,β-unsaturated/α-hetero) is 1. The number of esters is 2. The Bertz CT molecular complexity index is 2270. The van der Waals surface area contributed by atoms with Crippen LogP contribution in [0.25, 0.3) is 29.6 Å². The van der Waals surface area contributed by atoms with E-state index < -0.39 is 17.9 Å². The molecule has 6 rings (SSSR count). The lowest BCUT2D eigenvalue weighted by Crippen LogP contribution is -2.38. The average Bonchev–Trinajstić information content (AvgIpc) is 4.00. The molecule has 2 saturated heterocycles. The lowest BCUT2D eigenvalue weighted by atomic mass is 9.80. The lowest BCUT2D eigenvalue weighted by molar-refractivity contribution is -0.144. The van der Waals surface area contributed by atoms with Crippen LogP contribution in [0, 0.1) is 67.1 Å². The number of carbonyl (C=O) groups is 3. The second-order valence-electron chi connectivity index (χ2n) is 21.1. The monoisotopic (exact) mass is 895 g/mol. The molecule has 0 saturated carbocycles. The molecule has 9 atom stereocenters. The van der Waals surface area contributed by atoms with Gasteiger partial charge in [0, 0.05) is 63.4 Å². The van der Waals surface area contributed by atoms with Crippen molar-refractivity contribution in [2.45, 2.75) is 166 Å². The highest BCUT2D eigenvalue weighted by atomic mass is 16.5. The van der Waals surface area contributed by atoms with E-state index in [1.54, 1.807) is 6.92 Å². The number of ether oxygens (including phenoxy) is 2. The number of H-pyrrole nitrogens is 2. The largest absolute Gasteiger partial charge is 0.510 e. The third-order valence-electron chi connectivity index (χ3n) is 15.7. The van der Waals surface area contributed by atoms with Gasteiger partial charge < -0.3 is 35.2 Å². The van der Waals surface area contributed by atoms with Gasteiger partial charge in [-0.1, -0.05) is 113 Å². The van der Waals surface area contributed by atoms with E-state index in [4.69, 9.17) is 9.47 Å². The van der Waals surface area contributed by atoms with E-state index in [0.717, 1.165) is 82.3 Å². The van der Waals surface area contributed by atoms with Crippen LogP contribution in [0.2, 0.25) is 0 Å². The number of hydrogen-bond acceptors (Lipinski definition) is 8. The first kappa shape index (κ1) is 50.0. The molecule has 5 N–H and O–H groups in total. The summed E-state index contributed by atoms with van der Waals surface area (Å²) in [4.78, 5) is 47.7. The van der Waals surface area contributed by atoms with Gasteiger partial charge in [-0.2, -0.15) is 0 Å². The second kappa shape index (κ2) is 21.9. The predicted molar refractivity (Wildman–Crippen MR) is 264 cm³/mol. The number of aliphatic hydroxyl groups excluding tert-OH is 1. The van der Waals surface area contributed by atoms with Crippen LogP contribution in [0.15, 0.2) is 17.1 Å². The number of methoxy groups -OCH3 is 1. The number of aliphatic hydroxyl groups is 1. The molecule has 8 bridgehead atoms. The molecule has 1 aliphatic carbocycles. The van der Waals surface area contributed by atoms with Gasteiger partial charge in [0.25, 0.3) is 0 Å². The zero-order chi connectivity index (χ0) is 47.3. The summed E-state index contributed by atoms with van der Waals surface area (Å²) in [6.07, 6.45) is 20.4. The molecule has 4 aliphatic rings. The average molecular weight is 895 g/mol. The Morgan fingerprint density at radius 3 is 1.94 bits per heavy atom. The Labute approximate surface area is 389 Å². The molecular formula is C55H82N4O6. The van der Waals surface area contributed by atoms with E-state index >= 15 is 0 Å². The highest BCUT2D eigenvalue weighted by Crippen LogP contribution is 2.43. The number of allylic oxidation sites excluding steroid dienone is 3. The number of rotatable bonds is 21. The van der Waals surface area contributed by atoms with Gasteiger partial charge >= 0.3 is 11.9 Å². The van der Waals surface area contributed by atoms with Crippen LogP contribution >= 0.6 is 0 Å². The van der Waals surface area contributed by atoms with Gasteiger partial charge in [0.15, 0.2) is 5.78 Å². The first-order valence-electron chi connectivity index (χ1n) is 25.3. The fourth-order valence-electron chi connectivity index (χ4n) is 11.5. The SMILES string of the molecule is CC[C@H]1/C2=C/c3[nH]c4c(c3C)=C(O)[C@H](C(=O)OC)C=4C3N/C(=C\c4[nH]c(c(C(C)=O)c4C)/C=C(\N2)[C@@H]1C)[C@@H](C)[C@@H]3CCC(=O)OCCC(C)CCC[C@H](C)CCC[C@H](C)CCCC(C)C. The van der Waals surface area contributed by atoms with E-state index in [1.165, 1.54) is 58.5 Å². The molecule has 3 aliphatic heterocycles. The third-order valence-corrected chi connectivity index (χ3v) is 15.7. The molecule has 0 aromatic carbocycles. The normalized spacial score (nSPS) is 26.1. The van der Waals surface area contributed by atoms with Crippen molar-refractivity contribution >= 4 is 47.3 Å². The lowest BCUT2D eigenvalue weighted by Gasteiger charge is -2.26. The van der Waals surface area contributed by atoms with Crippen LogP contribution in [-0.4, -0.2) is 52.6 Å². The highest BCUT2D eigenvalue weighted by molar-refractivity contribution is 6.00. The van der Waals surface area contributed by atoms with Crippen LogP contribution in [0.3, 0.4) is 0 Å². The van der Waals surface area contributed by atoms with Crippen molar-refractivity contribution in [1.82, 2.24) is 20.6 Å². The van der Waals surface area contributed by atoms with Crippen LogP contribution in [0.1, 0.15) is 184 Å². The number of aromatic amines is 2. The minimum atomic E-state index is -1.01. The Kier molecular flexibility index (Phi) is 16.8. The van der Waals surface area contributed by atoms with Gasteiger partial charge in [-0.05, 0) is 105 Å². The Hall–Kier alpha value is -4.47. The first-order chi connectivity index (χ1) is 30.9. The molecule has 0 amide bonds. The fourth-order valence-corrected chi connectivity index (χ4v) is 11.5. The smallest absolute Gasteiger partial charge is 0.320 e. The Balaban J connectivity index is 1.18. The van der Waals surface area contributed by atoms with Gasteiger partial charge in [0.2, 0.25) is 0 Å². The van der Waals surface area contributed by atoms with E-state index in [-0.39, 0.29) is 47.6 Å². The van der Waals surface area contributed by atoms with Crippen molar-refractivity contribution in [2.24, 2.45) is 53.3 Å². The molecule has 10 heteroatoms. The first-order valence-corrected chi connectivity index (χ1v) is 25.3. The number of carbonyl (C=O) groups excluding carboxylic acids is 3. The summed E-state index contributed by atoms with van der Waals surface area (Å²) >= 11 is 0. The Morgan fingerprint density at radius 2 is 1.34 bits per heavy atom. The second-order valence-corrected chi connectivity index (χ2v) is 21.1. The molecule has 2 unspecified atom stereocenters. The van der Waals surface area contributed by atoms with Crippen molar-refractivity contribution in [3.63, 3.8) is 0 Å². The van der Waals surface area contributed by atoms with Crippen LogP contribution < -0.4 is 21.2 Å². The topological polar surface area (TPSA) is 146 Å². The molecular weight excluding hydrogens is 813 g/mol. The summed E-state index contributed by atoms with van der Waals surface area (Å²) in [7, 11) is 1.35. The molecule has 2 aromatic heterocycles. The van der Waals surface area contributed by atoms with E-state index in [2.05, 4.69) is 94.2 Å². The van der Waals surface area contributed by atoms with Crippen molar-refractivity contribution in [1.29, 1.82) is 0 Å². The summed E-state index contributed by atoms with van der Waals surface area (Å²) < 4.78 is 11.3. The van der Waals surface area contributed by atoms with Gasteiger partial charge in [0.05, 0.1) is 30.8 Å². The highest BCUT2D eigenvalue weighted by Gasteiger charge is 2.47. The third kappa shape index (κ3) is 11.2. The predicted octanol–water partition coefficient (Wildman–Crippen LogP) is 10.8. The van der Waals surface area contributed by atoms with Crippen LogP contribution in [-0.2, 0) is 19.1 Å². The van der Waals surface area contributed by atoms with Gasteiger partial charge in [-0.3, -0.25) is 14.4 Å². The number of fused-ring (bicyclic) bond motifs is 8. The molecule has 2 aromatic rings. The number of aromatic nitrogens is 2. The molecule has 0 spiro atoms. The van der Waals surface area contributed by atoms with Gasteiger partial charge in [-0.25, -0.2) is 0 Å². The summed E-state index contributed by atoms with van der Waals surface area (Å²) in [6, 6.07) is -0.426. The standard InChI is InChI=1S/C55H82N4O6/c1-13-39-34(7)41-29-46-48(38(11)60)36(9)43(57-46)27-42-35(8)40(52(58-42)50-51(55(63)64-12)54(62)49-37(10)44(59-53(49)50)28-45(39)56-41)23-24-47(61)65-26-25-33(6)22-16-21-32(5)20-15-19-31(4)18-14-17-30(2)3/h27-35,39-40,51-52,56-59,62H,13-26H2,1-12H3/b41-29-,42-27-,45-28-/t31-,32-,33?,34-,35+,39-,40+,51-,52?/m1/s1. The quantitative estimate of drug-likeness (QED) is 0.0615. The number of nitrogens with one attached hydrogen (secondary N) is 4. The zero-order valence-corrected chi connectivity index (χ0v) is 41.9. The molecule has 0 radical (unpaired) electrons. The summed E-state index contributed by atoms with van der Waals surface area (Å²) in [5.74, 6) is 1.20. The molecule has 10 nitrogen and oxygen atoms in total. The van der Waals surface area contributed by atoms with Crippen molar-refractivity contribution in [3.8, 4) is 0 Å². The maximum Gasteiger partial charge on any atom is 0.320 e. The Morgan fingerprint density at radius 1 is 0.754 bits per heavy atom. The molecule has 65 heavy (non-hydrogen) atoms. The molecule has 2 fully saturated rings. The molecule has 5 heterocycles. The minimum absolute atomic E-state index is 0.0129. The van der Waals surface area contributed by atoms with Gasteiger partial charge in [0.1, 0.15) is 11.7 Å². The van der Waals surface area contributed by atoms with Crippen molar-refractivity contribution in [3.05, 3.63) is 61.4 Å².